The lowest BCUT2D eigenvalue weighted by molar-refractivity contribution is 0.0943. The molecule has 2 heterocycles. The zero-order chi connectivity index (χ0) is 15.5. The lowest BCUT2D eigenvalue weighted by atomic mass is 9.95. The predicted molar refractivity (Wildman–Crippen MR) is 80.9 cm³/mol. The molecule has 2 aliphatic rings. The lowest BCUT2D eigenvalue weighted by Crippen LogP contribution is -2.38. The molecule has 1 aromatic rings. The van der Waals surface area contributed by atoms with Gasteiger partial charge in [0.05, 0.1) is 6.07 Å². The van der Waals surface area contributed by atoms with Crippen LogP contribution in [0, 0.1) is 17.2 Å². The quantitative estimate of drug-likeness (QED) is 0.483. The van der Waals surface area contributed by atoms with Crippen LogP contribution >= 0.6 is 0 Å². The Hall–Kier alpha value is -2.20. The van der Waals surface area contributed by atoms with Gasteiger partial charge in [0.25, 0.3) is 0 Å². The predicted octanol–water partition coefficient (Wildman–Crippen LogP) is 0.699. The third-order valence-corrected chi connectivity index (χ3v) is 4.44. The van der Waals surface area contributed by atoms with Gasteiger partial charge in [0.2, 0.25) is 5.82 Å². The first kappa shape index (κ1) is 14.7. The molecule has 0 bridgehead atoms. The first-order chi connectivity index (χ1) is 10.7. The minimum Gasteiger partial charge on any atom is -0.356 e. The average molecular weight is 300 g/mol. The van der Waals surface area contributed by atoms with Crippen molar-refractivity contribution in [3.05, 3.63) is 17.1 Å². The van der Waals surface area contributed by atoms with E-state index in [-0.39, 0.29) is 5.82 Å². The second-order valence-corrected chi connectivity index (χ2v) is 5.94. The number of hydrogen-bond donors (Lipinski definition) is 2. The summed E-state index contributed by atoms with van der Waals surface area (Å²) >= 11 is 0. The number of aryl methyl sites for hydroxylation is 1. The number of nitrogens with one attached hydrogen (secondary N) is 1. The number of carbonyl (C=O) groups is 1. The van der Waals surface area contributed by atoms with E-state index < -0.39 is 5.91 Å². The summed E-state index contributed by atoms with van der Waals surface area (Å²) in [5.74, 6) is 6.13. The van der Waals surface area contributed by atoms with Crippen molar-refractivity contribution in [2.24, 2.45) is 11.8 Å². The summed E-state index contributed by atoms with van der Waals surface area (Å²) in [6, 6.07) is 2.26. The van der Waals surface area contributed by atoms with Crippen LogP contribution < -0.4 is 16.2 Å². The number of nitrogen functional groups attached to an aromatic ring is 1. The highest BCUT2D eigenvalue weighted by Crippen LogP contribution is 2.32. The third kappa shape index (κ3) is 2.74. The van der Waals surface area contributed by atoms with Crippen LogP contribution in [0.25, 0.3) is 0 Å². The Bertz CT molecular complexity index is 623. The summed E-state index contributed by atoms with van der Waals surface area (Å²) in [4.78, 5) is 22.8. The fourth-order valence-corrected chi connectivity index (χ4v) is 3.39. The third-order valence-electron chi connectivity index (χ3n) is 4.44. The first-order valence-electron chi connectivity index (χ1n) is 7.75. The molecule has 0 saturated carbocycles. The van der Waals surface area contributed by atoms with E-state index in [1.165, 1.54) is 0 Å². The number of fused-ring (bicyclic) bond motifs is 1. The molecule has 1 aliphatic heterocycles. The molecule has 0 unspecified atom stereocenters. The van der Waals surface area contributed by atoms with Crippen molar-refractivity contribution in [2.75, 3.05) is 18.0 Å². The second kappa shape index (κ2) is 6.28. The van der Waals surface area contributed by atoms with Gasteiger partial charge >= 0.3 is 5.91 Å². The Morgan fingerprint density at radius 3 is 3.05 bits per heavy atom. The van der Waals surface area contributed by atoms with Crippen LogP contribution in [0.2, 0.25) is 0 Å². The van der Waals surface area contributed by atoms with Crippen LogP contribution in [0.3, 0.4) is 0 Å². The molecule has 1 aliphatic carbocycles. The fourth-order valence-electron chi connectivity index (χ4n) is 3.39. The molecule has 1 fully saturated rings. The maximum Gasteiger partial charge on any atom is 0.303 e. The molecule has 3 N–H and O–H groups in total. The topological polar surface area (TPSA) is 108 Å². The summed E-state index contributed by atoms with van der Waals surface area (Å²) in [6.07, 6.45) is 5.57. The molecule has 1 saturated heterocycles. The first-order valence-corrected chi connectivity index (χ1v) is 7.75. The molecule has 3 rings (SSSR count). The van der Waals surface area contributed by atoms with E-state index in [1.807, 2.05) is 0 Å². The summed E-state index contributed by atoms with van der Waals surface area (Å²) in [5.41, 5.74) is 4.23. The largest absolute Gasteiger partial charge is 0.356 e. The van der Waals surface area contributed by atoms with Gasteiger partial charge < -0.3 is 4.90 Å². The number of aromatic nitrogens is 2. The van der Waals surface area contributed by atoms with E-state index in [2.05, 4.69) is 26.4 Å². The van der Waals surface area contributed by atoms with Crippen LogP contribution in [0.4, 0.5) is 5.82 Å². The number of amides is 1. The Morgan fingerprint density at radius 2 is 2.27 bits per heavy atom. The van der Waals surface area contributed by atoms with Gasteiger partial charge in [-0.1, -0.05) is 0 Å². The van der Waals surface area contributed by atoms with E-state index in [0.29, 0.717) is 12.3 Å². The van der Waals surface area contributed by atoms with Gasteiger partial charge in [-0.2, -0.15) is 5.26 Å². The molecule has 7 heteroatoms. The van der Waals surface area contributed by atoms with E-state index >= 15 is 0 Å². The van der Waals surface area contributed by atoms with E-state index in [9.17, 15) is 4.79 Å². The monoisotopic (exact) mass is 300 g/mol. The number of piperidine rings is 1. The Balaban J connectivity index is 1.93. The van der Waals surface area contributed by atoms with Crippen LogP contribution in [0.15, 0.2) is 0 Å². The summed E-state index contributed by atoms with van der Waals surface area (Å²) in [7, 11) is 0. The smallest absolute Gasteiger partial charge is 0.303 e. The molecule has 1 amide bonds. The van der Waals surface area contributed by atoms with Gasteiger partial charge in [-0.15, -0.1) is 0 Å². The summed E-state index contributed by atoms with van der Waals surface area (Å²) in [6.45, 7) is 1.73. The van der Waals surface area contributed by atoms with Gasteiger partial charge in [-0.25, -0.2) is 15.8 Å². The molecular weight excluding hydrogens is 280 g/mol. The van der Waals surface area contributed by atoms with Gasteiger partial charge in [0.15, 0.2) is 0 Å². The van der Waals surface area contributed by atoms with Crippen molar-refractivity contribution in [3.8, 4) is 6.07 Å². The number of nitrogens with two attached hydrogens (primary N) is 1. The zero-order valence-corrected chi connectivity index (χ0v) is 12.5. The number of nitriles is 1. The number of rotatable bonds is 3. The highest BCUT2D eigenvalue weighted by Gasteiger charge is 2.28. The number of anilines is 1. The number of nitrogens with zero attached hydrogens (tertiary/aromatic N) is 4. The summed E-state index contributed by atoms with van der Waals surface area (Å²) in [5, 5.41) is 8.92. The SMILES string of the molecule is N#CC[C@@H]1CCCN(c2nc(C(=O)NN)nc3c2CCC3)C1. The van der Waals surface area contributed by atoms with Gasteiger partial charge in [-0.05, 0) is 38.0 Å². The second-order valence-electron chi connectivity index (χ2n) is 5.94. The fraction of sp³-hybridized carbons (Fsp3) is 0.600. The van der Waals surface area contributed by atoms with E-state index in [0.717, 1.165) is 62.3 Å². The van der Waals surface area contributed by atoms with Crippen molar-refractivity contribution in [1.29, 1.82) is 5.26 Å². The Labute approximate surface area is 129 Å². The molecule has 7 nitrogen and oxygen atoms in total. The van der Waals surface area contributed by atoms with Crippen molar-refractivity contribution in [3.63, 3.8) is 0 Å². The van der Waals surface area contributed by atoms with Crippen LogP contribution in [0.5, 0.6) is 0 Å². The van der Waals surface area contributed by atoms with Crippen molar-refractivity contribution in [2.45, 2.75) is 38.5 Å². The van der Waals surface area contributed by atoms with Crippen molar-refractivity contribution >= 4 is 11.7 Å². The molecule has 1 aromatic heterocycles. The minimum atomic E-state index is -0.457. The molecular formula is C15H20N6O. The minimum absolute atomic E-state index is 0.139. The Morgan fingerprint density at radius 1 is 1.41 bits per heavy atom. The molecule has 0 radical (unpaired) electrons. The maximum atomic E-state index is 11.8. The lowest BCUT2D eigenvalue weighted by Gasteiger charge is -2.33. The number of carbonyl (C=O) groups excluding carboxylic acids is 1. The summed E-state index contributed by atoms with van der Waals surface area (Å²) < 4.78 is 0. The maximum absolute atomic E-state index is 11.8. The normalized spacial score (nSPS) is 20.4. The average Bonchev–Trinajstić information content (AvgIpc) is 3.02. The van der Waals surface area contributed by atoms with Gasteiger partial charge in [-0.3, -0.25) is 10.2 Å². The standard InChI is InChI=1S/C15H20N6O/c16-7-6-10-3-2-8-21(9-10)14-11-4-1-5-12(11)18-13(19-14)15(22)20-17/h10H,1-6,8-9,17H2,(H,20,22)/t10-/m0/s1. The molecule has 0 spiro atoms. The van der Waals surface area contributed by atoms with Crippen molar-refractivity contribution < 1.29 is 4.79 Å². The molecule has 22 heavy (non-hydrogen) atoms. The number of hydrogen-bond acceptors (Lipinski definition) is 6. The van der Waals surface area contributed by atoms with E-state index in [1.54, 1.807) is 0 Å². The van der Waals surface area contributed by atoms with Gasteiger partial charge in [0, 0.05) is 30.8 Å². The van der Waals surface area contributed by atoms with E-state index in [4.69, 9.17) is 11.1 Å². The van der Waals surface area contributed by atoms with Crippen LogP contribution in [0.1, 0.15) is 47.6 Å². The molecule has 0 aromatic carbocycles. The zero-order valence-electron chi connectivity index (χ0n) is 12.5. The highest BCUT2D eigenvalue weighted by atomic mass is 16.2. The van der Waals surface area contributed by atoms with Crippen molar-refractivity contribution in [1.82, 2.24) is 15.4 Å². The Kier molecular flexibility index (Phi) is 4.20. The number of hydrazine groups is 1. The van der Waals surface area contributed by atoms with Crippen LogP contribution in [-0.2, 0) is 12.8 Å². The van der Waals surface area contributed by atoms with Crippen LogP contribution in [-0.4, -0.2) is 29.0 Å². The molecule has 1 atom stereocenters. The highest BCUT2D eigenvalue weighted by molar-refractivity contribution is 5.90. The van der Waals surface area contributed by atoms with Gasteiger partial charge in [0.1, 0.15) is 5.82 Å². The molecule has 116 valence electrons.